The fraction of sp³-hybridized carbons (Fsp3) is 0.294. The molecule has 2 rings (SSSR count). The first kappa shape index (κ1) is 16.4. The van der Waals surface area contributed by atoms with Crippen LogP contribution in [0.15, 0.2) is 47.4 Å². The molecule has 0 fully saturated rings. The third kappa shape index (κ3) is 5.08. The van der Waals surface area contributed by atoms with Crippen molar-refractivity contribution >= 4 is 11.7 Å². The average Bonchev–Trinajstić information content (AvgIpc) is 2.54. The summed E-state index contributed by atoms with van der Waals surface area (Å²) in [5.74, 6) is 0.246. The number of benzene rings is 1. The molecular weight excluding hydrogens is 292 g/mol. The number of aromatic nitrogens is 2. The smallest absolute Gasteiger partial charge is 0.312 e. The summed E-state index contributed by atoms with van der Waals surface area (Å²) in [6.07, 6.45) is 3.46. The summed E-state index contributed by atoms with van der Waals surface area (Å²) in [4.78, 5) is 27.7. The van der Waals surface area contributed by atoms with Gasteiger partial charge < -0.3 is 5.32 Å². The van der Waals surface area contributed by atoms with E-state index in [-0.39, 0.29) is 12.3 Å². The number of carbonyl (C=O) groups excluding carboxylic acids is 1. The summed E-state index contributed by atoms with van der Waals surface area (Å²) < 4.78 is 1.43. The standard InChI is InChI=1S/C17H18N4O2/c18-10-5-2-6-12-21-15(9-11-19-17(21)23)20-16(22)13-14-7-3-1-4-8-14/h1,3-4,7-9,11H,2,5-6,12-13H2,(H,20,22). The highest BCUT2D eigenvalue weighted by Crippen LogP contribution is 2.08. The van der Waals surface area contributed by atoms with E-state index in [1.807, 2.05) is 30.3 Å². The number of carbonyl (C=O) groups is 1. The van der Waals surface area contributed by atoms with Gasteiger partial charge in [-0.3, -0.25) is 9.36 Å². The minimum absolute atomic E-state index is 0.187. The molecule has 1 N–H and O–H groups in total. The number of unbranched alkanes of at least 4 members (excludes halogenated alkanes) is 2. The second kappa shape index (κ2) is 8.49. The molecule has 1 heterocycles. The van der Waals surface area contributed by atoms with E-state index in [0.29, 0.717) is 31.6 Å². The number of anilines is 1. The van der Waals surface area contributed by atoms with Crippen molar-refractivity contribution in [3.8, 4) is 6.07 Å². The lowest BCUT2D eigenvalue weighted by atomic mass is 10.1. The van der Waals surface area contributed by atoms with E-state index in [2.05, 4.69) is 16.4 Å². The van der Waals surface area contributed by atoms with Crippen LogP contribution in [0.2, 0.25) is 0 Å². The van der Waals surface area contributed by atoms with Crippen molar-refractivity contribution in [3.05, 3.63) is 58.6 Å². The number of rotatable bonds is 7. The predicted octanol–water partition coefficient (Wildman–Crippen LogP) is 2.12. The molecule has 0 aliphatic carbocycles. The van der Waals surface area contributed by atoms with Gasteiger partial charge in [0.2, 0.25) is 5.91 Å². The quantitative estimate of drug-likeness (QED) is 0.793. The molecule has 0 bridgehead atoms. The maximum atomic E-state index is 12.1. The Morgan fingerprint density at radius 3 is 2.74 bits per heavy atom. The van der Waals surface area contributed by atoms with Crippen molar-refractivity contribution in [1.82, 2.24) is 9.55 Å². The van der Waals surface area contributed by atoms with Crippen molar-refractivity contribution in [1.29, 1.82) is 5.26 Å². The second-order valence-corrected chi connectivity index (χ2v) is 5.09. The monoisotopic (exact) mass is 310 g/mol. The van der Waals surface area contributed by atoms with Crippen LogP contribution >= 0.6 is 0 Å². The van der Waals surface area contributed by atoms with Crippen LogP contribution in [0.25, 0.3) is 0 Å². The first-order chi connectivity index (χ1) is 11.2. The van der Waals surface area contributed by atoms with Gasteiger partial charge in [0.1, 0.15) is 5.82 Å². The van der Waals surface area contributed by atoms with Crippen LogP contribution in [0.1, 0.15) is 24.8 Å². The van der Waals surface area contributed by atoms with Crippen molar-refractivity contribution < 1.29 is 4.79 Å². The lowest BCUT2D eigenvalue weighted by Gasteiger charge is -2.12. The van der Waals surface area contributed by atoms with Gasteiger partial charge in [-0.1, -0.05) is 30.3 Å². The van der Waals surface area contributed by atoms with Gasteiger partial charge in [0, 0.05) is 19.2 Å². The highest BCUT2D eigenvalue weighted by Gasteiger charge is 2.09. The summed E-state index contributed by atoms with van der Waals surface area (Å²) in [5.41, 5.74) is 0.501. The van der Waals surface area contributed by atoms with Gasteiger partial charge >= 0.3 is 5.69 Å². The van der Waals surface area contributed by atoms with Gasteiger partial charge in [-0.25, -0.2) is 9.78 Å². The third-order valence-electron chi connectivity index (χ3n) is 3.33. The van der Waals surface area contributed by atoms with Crippen molar-refractivity contribution in [3.63, 3.8) is 0 Å². The first-order valence-corrected chi connectivity index (χ1v) is 7.47. The second-order valence-electron chi connectivity index (χ2n) is 5.09. The largest absolute Gasteiger partial charge is 0.349 e. The number of nitrogens with zero attached hydrogens (tertiary/aromatic N) is 3. The van der Waals surface area contributed by atoms with Crippen LogP contribution in [0.3, 0.4) is 0 Å². The van der Waals surface area contributed by atoms with Gasteiger partial charge in [-0.05, 0) is 24.5 Å². The molecule has 0 atom stereocenters. The van der Waals surface area contributed by atoms with Crippen LogP contribution in [-0.4, -0.2) is 15.5 Å². The number of hydrogen-bond donors (Lipinski definition) is 1. The van der Waals surface area contributed by atoms with Crippen molar-refractivity contribution in [2.45, 2.75) is 32.2 Å². The molecule has 0 saturated carbocycles. The Hall–Kier alpha value is -2.94. The Morgan fingerprint density at radius 1 is 1.22 bits per heavy atom. The molecule has 2 aromatic rings. The molecule has 0 spiro atoms. The predicted molar refractivity (Wildman–Crippen MR) is 86.7 cm³/mol. The van der Waals surface area contributed by atoms with Crippen LogP contribution in [0.4, 0.5) is 5.82 Å². The molecule has 0 aliphatic heterocycles. The Morgan fingerprint density at radius 2 is 2.00 bits per heavy atom. The topological polar surface area (TPSA) is 87.8 Å². The normalized spacial score (nSPS) is 10.0. The first-order valence-electron chi connectivity index (χ1n) is 7.47. The van der Waals surface area contributed by atoms with E-state index >= 15 is 0 Å². The number of nitrogens with one attached hydrogen (secondary N) is 1. The maximum Gasteiger partial charge on any atom is 0.349 e. The summed E-state index contributed by atoms with van der Waals surface area (Å²) in [7, 11) is 0. The maximum absolute atomic E-state index is 12.1. The summed E-state index contributed by atoms with van der Waals surface area (Å²) in [6.45, 7) is 0.426. The molecule has 0 aliphatic rings. The summed E-state index contributed by atoms with van der Waals surface area (Å²) in [6, 6.07) is 13.1. The Kier molecular flexibility index (Phi) is 6.07. The molecule has 23 heavy (non-hydrogen) atoms. The zero-order valence-electron chi connectivity index (χ0n) is 12.7. The molecule has 1 aromatic carbocycles. The van der Waals surface area contributed by atoms with Crippen molar-refractivity contribution in [2.75, 3.05) is 5.32 Å². The van der Waals surface area contributed by atoms with Gasteiger partial charge in [0.05, 0.1) is 12.5 Å². The molecular formula is C17H18N4O2. The van der Waals surface area contributed by atoms with Gasteiger partial charge in [0.15, 0.2) is 0 Å². The number of amides is 1. The zero-order chi connectivity index (χ0) is 16.5. The van der Waals surface area contributed by atoms with E-state index in [1.165, 1.54) is 10.8 Å². The van der Waals surface area contributed by atoms with E-state index in [9.17, 15) is 9.59 Å². The van der Waals surface area contributed by atoms with Crippen LogP contribution < -0.4 is 11.0 Å². The SMILES string of the molecule is N#CCCCCn1c(NC(=O)Cc2ccccc2)ccnc1=O. The fourth-order valence-electron chi connectivity index (χ4n) is 2.20. The third-order valence-corrected chi connectivity index (χ3v) is 3.33. The van der Waals surface area contributed by atoms with E-state index in [4.69, 9.17) is 5.26 Å². The Balaban J connectivity index is 2.04. The van der Waals surface area contributed by atoms with Crippen molar-refractivity contribution in [2.24, 2.45) is 0 Å². The summed E-state index contributed by atoms with van der Waals surface area (Å²) in [5, 5.41) is 11.3. The highest BCUT2D eigenvalue weighted by atomic mass is 16.2. The number of hydrogen-bond acceptors (Lipinski definition) is 4. The molecule has 118 valence electrons. The molecule has 1 aromatic heterocycles. The Bertz CT molecular complexity index is 747. The highest BCUT2D eigenvalue weighted by molar-refractivity contribution is 5.91. The fourth-order valence-corrected chi connectivity index (χ4v) is 2.20. The molecule has 0 unspecified atom stereocenters. The molecule has 0 saturated heterocycles. The van der Waals surface area contributed by atoms with E-state index < -0.39 is 5.69 Å². The number of nitriles is 1. The molecule has 1 amide bonds. The van der Waals surface area contributed by atoms with Crippen LogP contribution in [0.5, 0.6) is 0 Å². The van der Waals surface area contributed by atoms with Crippen LogP contribution in [0, 0.1) is 11.3 Å². The zero-order valence-corrected chi connectivity index (χ0v) is 12.7. The van der Waals surface area contributed by atoms with Gasteiger partial charge in [0.25, 0.3) is 0 Å². The van der Waals surface area contributed by atoms with Gasteiger partial charge in [-0.2, -0.15) is 5.26 Å². The van der Waals surface area contributed by atoms with E-state index in [0.717, 1.165) is 5.56 Å². The minimum Gasteiger partial charge on any atom is -0.312 e. The average molecular weight is 310 g/mol. The molecule has 0 radical (unpaired) electrons. The lowest BCUT2D eigenvalue weighted by Crippen LogP contribution is -2.27. The van der Waals surface area contributed by atoms with Crippen LogP contribution in [-0.2, 0) is 17.8 Å². The molecule has 6 nitrogen and oxygen atoms in total. The van der Waals surface area contributed by atoms with E-state index in [1.54, 1.807) is 6.07 Å². The Labute approximate surface area is 134 Å². The lowest BCUT2D eigenvalue weighted by molar-refractivity contribution is -0.115. The molecule has 6 heteroatoms. The van der Waals surface area contributed by atoms with Gasteiger partial charge in [-0.15, -0.1) is 0 Å². The summed E-state index contributed by atoms with van der Waals surface area (Å²) >= 11 is 0. The minimum atomic E-state index is -0.403.